The molecule has 0 saturated carbocycles. The lowest BCUT2D eigenvalue weighted by Gasteiger charge is -2.14. The summed E-state index contributed by atoms with van der Waals surface area (Å²) in [5.41, 5.74) is 6.47. The number of ether oxygens (including phenoxy) is 8. The fourth-order valence-electron chi connectivity index (χ4n) is 2.93. The molecule has 0 saturated heterocycles. The molecule has 0 aromatic heterocycles. The molecule has 0 aliphatic carbocycles. The van der Waals surface area contributed by atoms with Crippen LogP contribution in [0.4, 0.5) is 5.69 Å². The molecule has 33 heavy (non-hydrogen) atoms. The largest absolute Gasteiger partial charge is 0.487 e. The second-order valence-corrected chi connectivity index (χ2v) is 7.00. The van der Waals surface area contributed by atoms with Gasteiger partial charge in [0.25, 0.3) is 0 Å². The molecule has 0 radical (unpaired) electrons. The van der Waals surface area contributed by atoms with Crippen molar-refractivity contribution >= 4 is 5.69 Å². The minimum absolute atomic E-state index is 0.369. The van der Waals surface area contributed by atoms with Crippen LogP contribution in [-0.2, 0) is 18.9 Å². The van der Waals surface area contributed by atoms with Crippen molar-refractivity contribution in [1.82, 2.24) is 0 Å². The van der Waals surface area contributed by atoms with Crippen molar-refractivity contribution < 1.29 is 37.9 Å². The van der Waals surface area contributed by atoms with E-state index in [1.807, 2.05) is 24.3 Å². The van der Waals surface area contributed by atoms with E-state index in [9.17, 15) is 0 Å². The Labute approximate surface area is 194 Å². The Morgan fingerprint density at radius 3 is 1.24 bits per heavy atom. The smallest absolute Gasteiger partial charge is 0.163 e. The molecule has 0 amide bonds. The Bertz CT molecular complexity index is 804. The van der Waals surface area contributed by atoms with Crippen LogP contribution < -0.4 is 24.7 Å². The minimum atomic E-state index is 0.369. The molecule has 9 nitrogen and oxygen atoms in total. The van der Waals surface area contributed by atoms with Crippen LogP contribution in [-0.4, -0.2) is 79.3 Å². The van der Waals surface area contributed by atoms with Gasteiger partial charge in [-0.05, 0) is 24.3 Å². The lowest BCUT2D eigenvalue weighted by molar-refractivity contribution is 0.0223. The van der Waals surface area contributed by atoms with Crippen LogP contribution in [0, 0.1) is 0 Å². The van der Waals surface area contributed by atoms with Gasteiger partial charge >= 0.3 is 0 Å². The molecule has 1 aliphatic heterocycles. The first-order valence-electron chi connectivity index (χ1n) is 11.1. The van der Waals surface area contributed by atoms with Gasteiger partial charge in [0.15, 0.2) is 23.0 Å². The van der Waals surface area contributed by atoms with Gasteiger partial charge in [-0.2, -0.15) is 0 Å². The van der Waals surface area contributed by atoms with Crippen LogP contribution in [0.15, 0.2) is 42.5 Å². The summed E-state index contributed by atoms with van der Waals surface area (Å²) in [6.07, 6.45) is 0. The third-order valence-electron chi connectivity index (χ3n) is 4.50. The molecule has 2 N–H and O–H groups in total. The van der Waals surface area contributed by atoms with Crippen LogP contribution in [0.2, 0.25) is 0 Å². The van der Waals surface area contributed by atoms with Gasteiger partial charge in [0.2, 0.25) is 0 Å². The van der Waals surface area contributed by atoms with E-state index in [-0.39, 0.29) is 0 Å². The maximum absolute atomic E-state index is 5.87. The number of anilines is 1. The molecule has 3 rings (SSSR count). The molecule has 2 aromatic carbocycles. The van der Waals surface area contributed by atoms with Gasteiger partial charge in [-0.15, -0.1) is 0 Å². The number of rotatable bonds is 0. The zero-order valence-electron chi connectivity index (χ0n) is 18.9. The lowest BCUT2D eigenvalue weighted by atomic mass is 10.3. The first-order chi connectivity index (χ1) is 16.3. The van der Waals surface area contributed by atoms with Crippen LogP contribution >= 0.6 is 0 Å². The van der Waals surface area contributed by atoms with Crippen molar-refractivity contribution in [3.8, 4) is 23.0 Å². The molecule has 2 aromatic rings. The summed E-state index contributed by atoms with van der Waals surface area (Å²) in [6.45, 7) is 5.17. The first-order valence-corrected chi connectivity index (χ1v) is 11.1. The van der Waals surface area contributed by atoms with Gasteiger partial charge in [0, 0.05) is 11.8 Å². The average molecular weight is 464 g/mol. The third kappa shape index (κ3) is 9.75. The summed E-state index contributed by atoms with van der Waals surface area (Å²) >= 11 is 0. The predicted octanol–water partition coefficient (Wildman–Crippen LogP) is 2.56. The summed E-state index contributed by atoms with van der Waals surface area (Å²) in [6, 6.07) is 12.8. The van der Waals surface area contributed by atoms with E-state index in [2.05, 4.69) is 0 Å². The molecule has 0 spiro atoms. The lowest BCUT2D eigenvalue weighted by Crippen LogP contribution is -2.15. The fourth-order valence-corrected chi connectivity index (χ4v) is 2.93. The van der Waals surface area contributed by atoms with Crippen molar-refractivity contribution in [3.63, 3.8) is 0 Å². The summed E-state index contributed by atoms with van der Waals surface area (Å²) in [5, 5.41) is 0. The van der Waals surface area contributed by atoms with Crippen molar-refractivity contribution in [2.45, 2.75) is 0 Å². The highest BCUT2D eigenvalue weighted by Gasteiger charge is 2.07. The van der Waals surface area contributed by atoms with Gasteiger partial charge in [0.1, 0.15) is 26.4 Å². The number of nitrogen functional groups attached to an aromatic ring is 1. The summed E-state index contributed by atoms with van der Waals surface area (Å²) in [7, 11) is 0. The highest BCUT2D eigenvalue weighted by Crippen LogP contribution is 2.29. The van der Waals surface area contributed by atoms with Crippen LogP contribution in [0.3, 0.4) is 0 Å². The van der Waals surface area contributed by atoms with Gasteiger partial charge in [-0.1, -0.05) is 12.1 Å². The normalized spacial score (nSPS) is 18.1. The average Bonchev–Trinajstić information content (AvgIpc) is 2.82. The maximum Gasteiger partial charge on any atom is 0.163 e. The van der Waals surface area contributed by atoms with Crippen LogP contribution in [0.5, 0.6) is 23.0 Å². The van der Waals surface area contributed by atoms with Crippen LogP contribution in [0.25, 0.3) is 0 Å². The Kier molecular flexibility index (Phi) is 11.5. The second kappa shape index (κ2) is 15.2. The van der Waals surface area contributed by atoms with Gasteiger partial charge in [-0.25, -0.2) is 0 Å². The molecule has 1 aliphatic rings. The quantitative estimate of drug-likeness (QED) is 0.591. The van der Waals surface area contributed by atoms with Gasteiger partial charge in [-0.3, -0.25) is 0 Å². The molecule has 9 heteroatoms. The minimum Gasteiger partial charge on any atom is -0.487 e. The van der Waals surface area contributed by atoms with E-state index in [1.54, 1.807) is 18.2 Å². The Balaban J connectivity index is 1.46. The second-order valence-electron chi connectivity index (χ2n) is 7.00. The van der Waals surface area contributed by atoms with E-state index < -0.39 is 0 Å². The number of fused-ring (bicyclic) bond motifs is 2. The Morgan fingerprint density at radius 2 is 0.788 bits per heavy atom. The number of hydrogen-bond donors (Lipinski definition) is 1. The maximum atomic E-state index is 5.87. The van der Waals surface area contributed by atoms with Crippen molar-refractivity contribution in [3.05, 3.63) is 42.5 Å². The molecule has 1 heterocycles. The van der Waals surface area contributed by atoms with Gasteiger partial charge in [0.05, 0.1) is 52.9 Å². The van der Waals surface area contributed by atoms with Crippen molar-refractivity contribution in [2.75, 3.05) is 85.0 Å². The number of hydrogen-bond acceptors (Lipinski definition) is 9. The van der Waals surface area contributed by atoms with Crippen molar-refractivity contribution in [2.24, 2.45) is 0 Å². The highest BCUT2D eigenvalue weighted by atomic mass is 16.6. The molecular weight excluding hydrogens is 430 g/mol. The SMILES string of the molecule is Nc1ccc2c(c1)OCCOCCOCCOc1ccccc1OCCOCCOCCO2. The predicted molar refractivity (Wildman–Crippen MR) is 123 cm³/mol. The molecular formula is C24H33NO8. The van der Waals surface area contributed by atoms with E-state index in [4.69, 9.17) is 43.6 Å². The third-order valence-corrected chi connectivity index (χ3v) is 4.50. The summed E-state index contributed by atoms with van der Waals surface area (Å²) in [5.74, 6) is 2.53. The number of para-hydroxylation sites is 2. The molecule has 0 fully saturated rings. The molecule has 182 valence electrons. The zero-order chi connectivity index (χ0) is 23.0. The topological polar surface area (TPSA) is 99.9 Å². The summed E-state index contributed by atoms with van der Waals surface area (Å²) < 4.78 is 45.3. The molecule has 0 unspecified atom stereocenters. The standard InChI is InChI=1S/C24H33NO8/c25-20-5-6-23-24(19-20)33-18-14-29-10-9-27-12-16-31-22-4-2-1-3-21(22)30-15-11-26-7-8-28-13-17-32-23/h1-6,19H,7-18,25H2. The van der Waals surface area contributed by atoms with E-state index in [0.717, 1.165) is 0 Å². The first kappa shape index (κ1) is 24.9. The van der Waals surface area contributed by atoms with E-state index in [1.165, 1.54) is 0 Å². The number of nitrogens with two attached hydrogens (primary N) is 1. The molecule has 0 bridgehead atoms. The van der Waals surface area contributed by atoms with E-state index in [0.29, 0.717) is 108 Å². The number of benzene rings is 2. The van der Waals surface area contributed by atoms with Crippen molar-refractivity contribution in [1.29, 1.82) is 0 Å². The zero-order valence-corrected chi connectivity index (χ0v) is 18.9. The van der Waals surface area contributed by atoms with Gasteiger partial charge < -0.3 is 43.6 Å². The van der Waals surface area contributed by atoms with Crippen LogP contribution in [0.1, 0.15) is 0 Å². The highest BCUT2D eigenvalue weighted by molar-refractivity contribution is 5.52. The Hall–Kier alpha value is -2.72. The fraction of sp³-hybridized carbons (Fsp3) is 0.500. The van der Waals surface area contributed by atoms with E-state index >= 15 is 0 Å². The summed E-state index contributed by atoms with van der Waals surface area (Å²) in [4.78, 5) is 0. The molecule has 0 atom stereocenters. The Morgan fingerprint density at radius 1 is 0.424 bits per heavy atom. The monoisotopic (exact) mass is 463 g/mol.